The minimum Gasteiger partial charge on any atom is -0.444 e. The van der Waals surface area contributed by atoms with E-state index in [2.05, 4.69) is 19.9 Å². The van der Waals surface area contributed by atoms with Crippen LogP contribution in [0.2, 0.25) is 0 Å². The second-order valence-corrected chi connectivity index (χ2v) is 6.66. The maximum Gasteiger partial charge on any atom is 0.411 e. The molecule has 2 rings (SSSR count). The van der Waals surface area contributed by atoms with Gasteiger partial charge in [-0.15, -0.1) is 0 Å². The molecule has 1 saturated carbocycles. The Hall–Kier alpha value is -1.24. The van der Waals surface area contributed by atoms with Gasteiger partial charge in [0.1, 0.15) is 11.6 Å². The van der Waals surface area contributed by atoms with Crippen LogP contribution in [0.1, 0.15) is 34.6 Å². The zero-order chi connectivity index (χ0) is 13.0. The van der Waals surface area contributed by atoms with Crippen molar-refractivity contribution in [2.45, 2.75) is 46.3 Å². The fourth-order valence-electron chi connectivity index (χ4n) is 2.94. The van der Waals surface area contributed by atoms with E-state index in [9.17, 15) is 10.1 Å². The summed E-state index contributed by atoms with van der Waals surface area (Å²) in [6, 6.07) is 1.94. The summed E-state index contributed by atoms with van der Waals surface area (Å²) in [6.45, 7) is 10.5. The first-order chi connectivity index (χ1) is 7.68. The van der Waals surface area contributed by atoms with Gasteiger partial charge >= 0.3 is 6.09 Å². The molecule has 0 spiro atoms. The number of hydrogen-bond donors (Lipinski definition) is 0. The Morgan fingerprint density at radius 1 is 1.47 bits per heavy atom. The molecule has 2 aliphatic rings. The van der Waals surface area contributed by atoms with E-state index in [0.717, 1.165) is 0 Å². The molecule has 17 heavy (non-hydrogen) atoms. The Morgan fingerprint density at radius 2 is 2.06 bits per heavy atom. The summed E-state index contributed by atoms with van der Waals surface area (Å²) in [6.07, 6.45) is -0.355. The second-order valence-electron chi connectivity index (χ2n) is 6.66. The van der Waals surface area contributed by atoms with Gasteiger partial charge in [0.2, 0.25) is 0 Å². The van der Waals surface area contributed by atoms with Crippen LogP contribution in [0.4, 0.5) is 4.79 Å². The molecular weight excluding hydrogens is 216 g/mol. The van der Waals surface area contributed by atoms with Gasteiger partial charge in [-0.25, -0.2) is 4.79 Å². The Balaban J connectivity index is 2.06. The lowest BCUT2D eigenvalue weighted by molar-refractivity contribution is 0.0209. The van der Waals surface area contributed by atoms with Gasteiger partial charge in [0.05, 0.1) is 6.07 Å². The van der Waals surface area contributed by atoms with Crippen molar-refractivity contribution in [1.82, 2.24) is 4.90 Å². The fourth-order valence-corrected chi connectivity index (χ4v) is 2.94. The van der Waals surface area contributed by atoms with Gasteiger partial charge in [-0.05, 0) is 32.1 Å². The van der Waals surface area contributed by atoms with Crippen LogP contribution in [-0.4, -0.2) is 29.2 Å². The highest BCUT2D eigenvalue weighted by Gasteiger charge is 2.68. The van der Waals surface area contributed by atoms with Gasteiger partial charge in [0, 0.05) is 12.5 Å². The second kappa shape index (κ2) is 3.38. The minimum atomic E-state index is -0.501. The van der Waals surface area contributed by atoms with Crippen molar-refractivity contribution < 1.29 is 9.53 Å². The van der Waals surface area contributed by atoms with Crippen LogP contribution in [0.25, 0.3) is 0 Å². The van der Waals surface area contributed by atoms with Crippen molar-refractivity contribution >= 4 is 6.09 Å². The normalized spacial score (nSPS) is 33.9. The largest absolute Gasteiger partial charge is 0.444 e. The van der Waals surface area contributed by atoms with Gasteiger partial charge in [0.15, 0.2) is 0 Å². The van der Waals surface area contributed by atoms with Crippen LogP contribution in [-0.2, 0) is 4.74 Å². The first kappa shape index (κ1) is 12.2. The number of ether oxygens (including phenoxy) is 1. The lowest BCUT2D eigenvalue weighted by Crippen LogP contribution is -2.43. The van der Waals surface area contributed by atoms with Crippen molar-refractivity contribution in [3.05, 3.63) is 0 Å². The molecule has 1 aliphatic carbocycles. The number of fused-ring (bicyclic) bond motifs is 1. The standard InChI is InChI=1S/C13H20N2O2/c1-12(2,3)17-11(16)15-7-8-10(9(15)6-14)13(8,4)5/h8-10H,7H2,1-5H3/t8-,9+,10-/m0/s1. The van der Waals surface area contributed by atoms with Crippen LogP contribution in [0, 0.1) is 28.6 Å². The summed E-state index contributed by atoms with van der Waals surface area (Å²) < 4.78 is 5.33. The first-order valence-electron chi connectivity index (χ1n) is 6.07. The number of carbonyl (C=O) groups is 1. The summed E-state index contributed by atoms with van der Waals surface area (Å²) in [5.74, 6) is 0.777. The predicted molar refractivity (Wildman–Crippen MR) is 63.1 cm³/mol. The molecule has 1 saturated heterocycles. The van der Waals surface area contributed by atoms with E-state index >= 15 is 0 Å². The van der Waals surface area contributed by atoms with E-state index in [1.165, 1.54) is 0 Å². The number of rotatable bonds is 0. The van der Waals surface area contributed by atoms with Crippen molar-refractivity contribution in [3.8, 4) is 6.07 Å². The van der Waals surface area contributed by atoms with Crippen LogP contribution in [0.15, 0.2) is 0 Å². The molecular formula is C13H20N2O2. The number of nitrogens with zero attached hydrogens (tertiary/aromatic N) is 2. The Kier molecular flexibility index (Phi) is 2.43. The molecule has 0 N–H and O–H groups in total. The summed E-state index contributed by atoms with van der Waals surface area (Å²) in [5.41, 5.74) is -0.293. The molecule has 1 amide bonds. The average molecular weight is 236 g/mol. The maximum absolute atomic E-state index is 12.0. The van der Waals surface area contributed by atoms with E-state index in [0.29, 0.717) is 18.4 Å². The number of amides is 1. The van der Waals surface area contributed by atoms with Gasteiger partial charge in [-0.1, -0.05) is 13.8 Å². The molecule has 4 nitrogen and oxygen atoms in total. The molecule has 3 atom stereocenters. The number of likely N-dealkylation sites (tertiary alicyclic amines) is 1. The zero-order valence-electron chi connectivity index (χ0n) is 11.2. The van der Waals surface area contributed by atoms with Crippen molar-refractivity contribution in [1.29, 1.82) is 5.26 Å². The van der Waals surface area contributed by atoms with Gasteiger partial charge in [-0.2, -0.15) is 5.26 Å². The van der Waals surface area contributed by atoms with Crippen LogP contribution < -0.4 is 0 Å². The molecule has 1 aliphatic heterocycles. The number of nitriles is 1. The lowest BCUT2D eigenvalue weighted by Gasteiger charge is -2.29. The van der Waals surface area contributed by atoms with Crippen molar-refractivity contribution in [3.63, 3.8) is 0 Å². The van der Waals surface area contributed by atoms with E-state index < -0.39 is 5.60 Å². The highest BCUT2D eigenvalue weighted by atomic mass is 16.6. The minimum absolute atomic E-state index is 0.207. The monoisotopic (exact) mass is 236 g/mol. The average Bonchev–Trinajstić information content (AvgIpc) is 2.59. The molecule has 0 radical (unpaired) electrons. The van der Waals surface area contributed by atoms with Gasteiger partial charge in [0.25, 0.3) is 0 Å². The summed E-state index contributed by atoms with van der Waals surface area (Å²) in [5, 5.41) is 9.21. The summed E-state index contributed by atoms with van der Waals surface area (Å²) in [4.78, 5) is 13.5. The molecule has 0 aromatic rings. The van der Waals surface area contributed by atoms with Crippen molar-refractivity contribution in [2.75, 3.05) is 6.54 Å². The SMILES string of the molecule is CC(C)(C)OC(=O)N1C[C@H]2[C@@H]([C@H]1C#N)C2(C)C. The zero-order valence-corrected chi connectivity index (χ0v) is 11.2. The Bertz CT molecular complexity index is 389. The molecule has 2 fully saturated rings. The van der Waals surface area contributed by atoms with Gasteiger partial charge < -0.3 is 4.74 Å². The first-order valence-corrected chi connectivity index (χ1v) is 6.07. The third-order valence-electron chi connectivity index (χ3n) is 3.97. The molecule has 4 heteroatoms. The predicted octanol–water partition coefficient (Wildman–Crippen LogP) is 2.40. The number of hydrogen-bond acceptors (Lipinski definition) is 3. The number of carbonyl (C=O) groups excluding carboxylic acids is 1. The van der Waals surface area contributed by atoms with E-state index in [4.69, 9.17) is 4.74 Å². The molecule has 0 unspecified atom stereocenters. The molecule has 94 valence electrons. The van der Waals surface area contributed by atoms with E-state index in [-0.39, 0.29) is 17.6 Å². The number of piperidine rings is 1. The third kappa shape index (κ3) is 1.88. The molecule has 0 aromatic heterocycles. The van der Waals surface area contributed by atoms with E-state index in [1.807, 2.05) is 20.8 Å². The summed E-state index contributed by atoms with van der Waals surface area (Å²) >= 11 is 0. The smallest absolute Gasteiger partial charge is 0.411 e. The highest BCUT2D eigenvalue weighted by Crippen LogP contribution is 2.64. The van der Waals surface area contributed by atoms with Gasteiger partial charge in [-0.3, -0.25) is 4.90 Å². The molecule has 0 bridgehead atoms. The molecule has 0 aromatic carbocycles. The van der Waals surface area contributed by atoms with Crippen LogP contribution in [0.3, 0.4) is 0 Å². The van der Waals surface area contributed by atoms with E-state index in [1.54, 1.807) is 4.90 Å². The topological polar surface area (TPSA) is 53.3 Å². The summed E-state index contributed by atoms with van der Waals surface area (Å²) in [7, 11) is 0. The maximum atomic E-state index is 12.0. The van der Waals surface area contributed by atoms with Crippen LogP contribution >= 0.6 is 0 Å². The quantitative estimate of drug-likeness (QED) is 0.649. The van der Waals surface area contributed by atoms with Crippen LogP contribution in [0.5, 0.6) is 0 Å². The fraction of sp³-hybridized carbons (Fsp3) is 0.846. The van der Waals surface area contributed by atoms with Crippen molar-refractivity contribution in [2.24, 2.45) is 17.3 Å². The molecule has 1 heterocycles. The lowest BCUT2D eigenvalue weighted by atomic mass is 10.0. The highest BCUT2D eigenvalue weighted by molar-refractivity contribution is 5.70. The Morgan fingerprint density at radius 3 is 2.53 bits per heavy atom. The third-order valence-corrected chi connectivity index (χ3v) is 3.97. The Labute approximate surface area is 103 Å².